The molecule has 0 saturated carbocycles. The van der Waals surface area contributed by atoms with Crippen molar-refractivity contribution in [2.75, 3.05) is 7.11 Å². The number of hydrogen-bond donors (Lipinski definition) is 0. The van der Waals surface area contributed by atoms with Crippen LogP contribution in [0.3, 0.4) is 0 Å². The van der Waals surface area contributed by atoms with E-state index >= 15 is 0 Å². The maximum atomic E-state index is 12.2. The molecule has 158 valence electrons. The summed E-state index contributed by atoms with van der Waals surface area (Å²) in [7, 11) is 1.25. The normalized spacial score (nSPS) is 26.1. The second kappa shape index (κ2) is 8.27. The standard InChI is InChI=1S/C22H28O7/c1-13(2)15(4)22(21(5,6)11-17(23)29-22)9-8-16(20(25)26-7)12-27-18-10-14(3)19(24)28-18/h8-10,12,18H,11H2,1-7H3/b9-8+,16-12+/t18-,22-/m1/s1. The number of rotatable bonds is 6. The van der Waals surface area contributed by atoms with Crippen LogP contribution in [0.4, 0.5) is 0 Å². The fourth-order valence-corrected chi connectivity index (χ4v) is 3.38. The summed E-state index contributed by atoms with van der Waals surface area (Å²) >= 11 is 0. The van der Waals surface area contributed by atoms with Crippen molar-refractivity contribution < 1.29 is 33.3 Å². The van der Waals surface area contributed by atoms with E-state index in [1.54, 1.807) is 13.0 Å². The molecule has 0 unspecified atom stereocenters. The van der Waals surface area contributed by atoms with Crippen molar-refractivity contribution in [2.24, 2.45) is 5.41 Å². The molecule has 1 saturated heterocycles. The van der Waals surface area contributed by atoms with Crippen molar-refractivity contribution in [3.05, 3.63) is 46.8 Å². The van der Waals surface area contributed by atoms with E-state index in [1.807, 2.05) is 34.6 Å². The molecule has 1 fully saturated rings. The quantitative estimate of drug-likeness (QED) is 0.167. The fraction of sp³-hybridized carbons (Fsp3) is 0.500. The van der Waals surface area contributed by atoms with Crippen LogP contribution in [-0.2, 0) is 33.3 Å². The Morgan fingerprint density at radius 3 is 2.34 bits per heavy atom. The van der Waals surface area contributed by atoms with Gasteiger partial charge in [0.25, 0.3) is 6.29 Å². The minimum Gasteiger partial charge on any atom is -0.465 e. The first kappa shape index (κ1) is 22.5. The first-order chi connectivity index (χ1) is 13.4. The highest BCUT2D eigenvalue weighted by molar-refractivity contribution is 5.91. The van der Waals surface area contributed by atoms with Crippen LogP contribution in [-0.4, -0.2) is 36.9 Å². The molecule has 2 heterocycles. The Hall–Kier alpha value is -2.83. The van der Waals surface area contributed by atoms with Crippen molar-refractivity contribution in [1.29, 1.82) is 0 Å². The molecule has 29 heavy (non-hydrogen) atoms. The van der Waals surface area contributed by atoms with Crippen molar-refractivity contribution in [1.82, 2.24) is 0 Å². The summed E-state index contributed by atoms with van der Waals surface area (Å²) in [6.07, 6.45) is 5.21. The summed E-state index contributed by atoms with van der Waals surface area (Å²) in [4.78, 5) is 35.8. The van der Waals surface area contributed by atoms with E-state index in [0.29, 0.717) is 5.57 Å². The minimum atomic E-state index is -1.01. The SMILES string of the molecule is COC(=O)C(/C=C/[C@]1(C(C)=C(C)C)OC(=O)CC1(C)C)=C/O[C@H]1C=C(C)C(=O)O1. The molecule has 0 radical (unpaired) electrons. The van der Waals surface area contributed by atoms with Crippen LogP contribution >= 0.6 is 0 Å². The van der Waals surface area contributed by atoms with Gasteiger partial charge in [0.1, 0.15) is 6.26 Å². The lowest BCUT2D eigenvalue weighted by Crippen LogP contribution is -2.41. The summed E-state index contributed by atoms with van der Waals surface area (Å²) in [5.74, 6) is -1.42. The van der Waals surface area contributed by atoms with Gasteiger partial charge in [-0.3, -0.25) is 4.79 Å². The Bertz CT molecular complexity index is 837. The van der Waals surface area contributed by atoms with Gasteiger partial charge < -0.3 is 18.9 Å². The number of cyclic esters (lactones) is 2. The number of hydrogen-bond acceptors (Lipinski definition) is 7. The van der Waals surface area contributed by atoms with Gasteiger partial charge in [-0.2, -0.15) is 0 Å². The Labute approximate surface area is 171 Å². The average Bonchev–Trinajstić information content (AvgIpc) is 3.08. The zero-order chi connectivity index (χ0) is 22.0. The molecular weight excluding hydrogens is 376 g/mol. The molecule has 2 aliphatic heterocycles. The first-order valence-electron chi connectivity index (χ1n) is 9.32. The van der Waals surface area contributed by atoms with Gasteiger partial charge in [-0.15, -0.1) is 0 Å². The van der Waals surface area contributed by atoms with Gasteiger partial charge in [0.2, 0.25) is 0 Å². The summed E-state index contributed by atoms with van der Waals surface area (Å²) in [5, 5.41) is 0. The van der Waals surface area contributed by atoms with E-state index in [0.717, 1.165) is 11.1 Å². The van der Waals surface area contributed by atoms with Crippen LogP contribution in [0.15, 0.2) is 46.8 Å². The molecule has 7 heteroatoms. The lowest BCUT2D eigenvalue weighted by Gasteiger charge is -2.38. The number of methoxy groups -OCH3 is 1. The number of esters is 3. The molecule has 0 aromatic heterocycles. The lowest BCUT2D eigenvalue weighted by molar-refractivity contribution is -0.152. The van der Waals surface area contributed by atoms with Gasteiger partial charge in [-0.25, -0.2) is 9.59 Å². The van der Waals surface area contributed by atoms with E-state index in [9.17, 15) is 14.4 Å². The van der Waals surface area contributed by atoms with Crippen LogP contribution in [0.5, 0.6) is 0 Å². The Balaban J connectivity index is 2.41. The molecule has 0 spiro atoms. The largest absolute Gasteiger partial charge is 0.465 e. The van der Waals surface area contributed by atoms with Gasteiger partial charge in [0, 0.05) is 17.1 Å². The van der Waals surface area contributed by atoms with E-state index in [-0.39, 0.29) is 18.0 Å². The molecule has 0 aliphatic carbocycles. The maximum Gasteiger partial charge on any atom is 0.340 e. The summed E-state index contributed by atoms with van der Waals surface area (Å²) in [6, 6.07) is 0. The minimum absolute atomic E-state index is 0.0844. The molecular formula is C22H28O7. The molecule has 2 rings (SSSR count). The van der Waals surface area contributed by atoms with Crippen LogP contribution in [0.2, 0.25) is 0 Å². The van der Waals surface area contributed by atoms with Crippen LogP contribution in [0.1, 0.15) is 48.0 Å². The predicted molar refractivity (Wildman–Crippen MR) is 105 cm³/mol. The number of carbonyl (C=O) groups excluding carboxylic acids is 3. The molecule has 0 N–H and O–H groups in total. The third-order valence-electron chi connectivity index (χ3n) is 5.35. The third-order valence-corrected chi connectivity index (χ3v) is 5.35. The molecule has 0 aromatic carbocycles. The Morgan fingerprint density at radius 2 is 1.90 bits per heavy atom. The zero-order valence-electron chi connectivity index (χ0n) is 18.0. The lowest BCUT2D eigenvalue weighted by atomic mass is 9.69. The highest BCUT2D eigenvalue weighted by Gasteiger charge is 2.54. The smallest absolute Gasteiger partial charge is 0.340 e. The number of carbonyl (C=O) groups is 3. The monoisotopic (exact) mass is 404 g/mol. The van der Waals surface area contributed by atoms with Gasteiger partial charge in [-0.1, -0.05) is 19.4 Å². The zero-order valence-corrected chi connectivity index (χ0v) is 18.0. The van der Waals surface area contributed by atoms with Gasteiger partial charge in [0.05, 0.1) is 19.1 Å². The van der Waals surface area contributed by atoms with Gasteiger partial charge >= 0.3 is 17.9 Å². The summed E-state index contributed by atoms with van der Waals surface area (Å²) in [6.45, 7) is 11.3. The van der Waals surface area contributed by atoms with Crippen LogP contribution < -0.4 is 0 Å². The fourth-order valence-electron chi connectivity index (χ4n) is 3.38. The van der Waals surface area contributed by atoms with Gasteiger partial charge in [0.15, 0.2) is 5.60 Å². The van der Waals surface area contributed by atoms with E-state index in [1.165, 1.54) is 25.5 Å². The highest BCUT2D eigenvalue weighted by Crippen LogP contribution is 2.50. The number of allylic oxidation sites excluding steroid dienone is 1. The average molecular weight is 404 g/mol. The predicted octanol–water partition coefficient (Wildman–Crippen LogP) is 3.51. The number of ether oxygens (including phenoxy) is 4. The third kappa shape index (κ3) is 4.44. The maximum absolute atomic E-state index is 12.2. The first-order valence-corrected chi connectivity index (χ1v) is 9.32. The van der Waals surface area contributed by atoms with Crippen molar-refractivity contribution >= 4 is 17.9 Å². The van der Waals surface area contributed by atoms with E-state index in [4.69, 9.17) is 18.9 Å². The topological polar surface area (TPSA) is 88.1 Å². The van der Waals surface area contributed by atoms with Crippen LogP contribution in [0, 0.1) is 5.41 Å². The summed E-state index contributed by atoms with van der Waals surface area (Å²) in [5.41, 5.74) is 0.878. The molecule has 0 aromatic rings. The van der Waals surface area contributed by atoms with E-state index < -0.39 is 29.2 Å². The van der Waals surface area contributed by atoms with Crippen molar-refractivity contribution in [3.63, 3.8) is 0 Å². The van der Waals surface area contributed by atoms with Gasteiger partial charge in [-0.05, 0) is 45.4 Å². The summed E-state index contributed by atoms with van der Waals surface area (Å²) < 4.78 is 21.0. The van der Waals surface area contributed by atoms with Crippen molar-refractivity contribution in [2.45, 2.75) is 59.9 Å². The highest BCUT2D eigenvalue weighted by atomic mass is 16.7. The Kier molecular flexibility index (Phi) is 6.40. The van der Waals surface area contributed by atoms with Crippen LogP contribution in [0.25, 0.3) is 0 Å². The molecule has 0 bridgehead atoms. The van der Waals surface area contributed by atoms with Crippen molar-refractivity contribution in [3.8, 4) is 0 Å². The molecule has 2 atom stereocenters. The Morgan fingerprint density at radius 1 is 1.24 bits per heavy atom. The van der Waals surface area contributed by atoms with E-state index in [2.05, 4.69) is 0 Å². The molecule has 0 amide bonds. The molecule has 2 aliphatic rings. The second-order valence-electron chi connectivity index (χ2n) is 8.05. The molecule has 7 nitrogen and oxygen atoms in total. The second-order valence-corrected chi connectivity index (χ2v) is 8.05.